The first kappa shape index (κ1) is 14.5. The van der Waals surface area contributed by atoms with Crippen LogP contribution in [-0.4, -0.2) is 30.6 Å². The maximum Gasteiger partial charge on any atom is 0.0425 e. The number of rotatable bonds is 6. The van der Waals surface area contributed by atoms with Gasteiger partial charge in [0.15, 0.2) is 0 Å². The fraction of sp³-hybridized carbons (Fsp3) is 0.625. The minimum absolute atomic E-state index is 0.100. The zero-order valence-corrected chi connectivity index (χ0v) is 12.6. The fourth-order valence-electron chi connectivity index (χ4n) is 3.25. The van der Waals surface area contributed by atoms with E-state index in [9.17, 15) is 0 Å². The van der Waals surface area contributed by atoms with Crippen LogP contribution < -0.4 is 11.3 Å². The van der Waals surface area contributed by atoms with Crippen LogP contribution in [0.2, 0.25) is 0 Å². The first-order chi connectivity index (χ1) is 9.04. The zero-order chi connectivity index (χ0) is 14.0. The predicted octanol–water partition coefficient (Wildman–Crippen LogP) is 2.35. The van der Waals surface area contributed by atoms with E-state index in [0.29, 0.717) is 17.9 Å². The lowest BCUT2D eigenvalue weighted by Crippen LogP contribution is -2.59. The molecule has 1 aromatic carbocycles. The molecule has 4 atom stereocenters. The molecular weight excluding hydrogens is 234 g/mol. The molecule has 3 heteroatoms. The number of nitrogens with zero attached hydrogens (tertiary/aromatic N) is 1. The summed E-state index contributed by atoms with van der Waals surface area (Å²) >= 11 is 0. The average molecular weight is 261 g/mol. The lowest BCUT2D eigenvalue weighted by molar-refractivity contribution is 0.100. The largest absolute Gasteiger partial charge is 0.302 e. The smallest absolute Gasteiger partial charge is 0.0425 e. The van der Waals surface area contributed by atoms with Crippen LogP contribution in [0, 0.1) is 5.92 Å². The molecule has 0 amide bonds. The van der Waals surface area contributed by atoms with Crippen LogP contribution in [0.25, 0.3) is 0 Å². The van der Waals surface area contributed by atoms with Crippen molar-refractivity contribution in [2.75, 3.05) is 14.1 Å². The Morgan fingerprint density at radius 1 is 1.37 bits per heavy atom. The van der Waals surface area contributed by atoms with Crippen LogP contribution in [0.15, 0.2) is 30.3 Å². The van der Waals surface area contributed by atoms with Crippen molar-refractivity contribution in [2.24, 2.45) is 11.8 Å². The van der Waals surface area contributed by atoms with Gasteiger partial charge in [-0.2, -0.15) is 0 Å². The van der Waals surface area contributed by atoms with Crippen LogP contribution in [0.3, 0.4) is 0 Å². The fourth-order valence-corrected chi connectivity index (χ4v) is 3.25. The van der Waals surface area contributed by atoms with Gasteiger partial charge in [-0.05, 0) is 51.3 Å². The normalized spacial score (nSPS) is 27.1. The number of nitrogens with one attached hydrogen (secondary N) is 1. The van der Waals surface area contributed by atoms with Gasteiger partial charge < -0.3 is 4.90 Å². The number of likely N-dealkylation sites (N-methyl/N-ethyl adjacent to an activating group) is 1. The Kier molecular flexibility index (Phi) is 4.29. The molecular formula is C16H27N3. The average Bonchev–Trinajstić information content (AvgIpc) is 3.20. The van der Waals surface area contributed by atoms with E-state index in [-0.39, 0.29) is 5.54 Å². The van der Waals surface area contributed by atoms with E-state index < -0.39 is 0 Å². The van der Waals surface area contributed by atoms with Gasteiger partial charge in [0.1, 0.15) is 0 Å². The second-order valence-corrected chi connectivity index (χ2v) is 6.17. The van der Waals surface area contributed by atoms with E-state index in [1.165, 1.54) is 12.0 Å². The lowest BCUT2D eigenvalue weighted by Gasteiger charge is -2.43. The predicted molar refractivity (Wildman–Crippen MR) is 80.8 cm³/mol. The summed E-state index contributed by atoms with van der Waals surface area (Å²) in [5.41, 5.74) is 4.64. The van der Waals surface area contributed by atoms with E-state index in [1.54, 1.807) is 0 Å². The summed E-state index contributed by atoms with van der Waals surface area (Å²) in [5, 5.41) is 0. The molecule has 1 fully saturated rings. The second-order valence-electron chi connectivity index (χ2n) is 6.17. The van der Waals surface area contributed by atoms with Gasteiger partial charge in [0, 0.05) is 11.6 Å². The Bertz CT molecular complexity index is 404. The van der Waals surface area contributed by atoms with E-state index in [4.69, 9.17) is 5.84 Å². The summed E-state index contributed by atoms with van der Waals surface area (Å²) < 4.78 is 0. The molecule has 1 aromatic rings. The standard InChI is InChI=1S/C16H27N3/c1-5-16(2,19(3)4)15(18-17)14-11-13(14)12-9-7-6-8-10-12/h6-10,13-15,18H,5,11,17H2,1-4H3. The minimum Gasteiger partial charge on any atom is -0.302 e. The van der Waals surface area contributed by atoms with Gasteiger partial charge in [-0.25, -0.2) is 0 Å². The van der Waals surface area contributed by atoms with Gasteiger partial charge >= 0.3 is 0 Å². The summed E-state index contributed by atoms with van der Waals surface area (Å²) in [6.45, 7) is 4.54. The molecule has 1 aliphatic rings. The topological polar surface area (TPSA) is 41.3 Å². The van der Waals surface area contributed by atoms with Gasteiger partial charge in [0.05, 0.1) is 0 Å². The van der Waals surface area contributed by atoms with Crippen LogP contribution in [0.1, 0.15) is 38.2 Å². The van der Waals surface area contributed by atoms with Crippen molar-refractivity contribution in [2.45, 2.75) is 44.2 Å². The molecule has 3 N–H and O–H groups in total. The van der Waals surface area contributed by atoms with Crippen molar-refractivity contribution in [3.63, 3.8) is 0 Å². The minimum atomic E-state index is 0.100. The van der Waals surface area contributed by atoms with E-state index in [1.807, 2.05) is 0 Å². The van der Waals surface area contributed by atoms with Crippen molar-refractivity contribution in [3.05, 3.63) is 35.9 Å². The highest BCUT2D eigenvalue weighted by atomic mass is 15.3. The van der Waals surface area contributed by atoms with Crippen LogP contribution in [0.5, 0.6) is 0 Å². The molecule has 1 saturated carbocycles. The van der Waals surface area contributed by atoms with E-state index in [0.717, 1.165) is 6.42 Å². The molecule has 106 valence electrons. The first-order valence-corrected chi connectivity index (χ1v) is 7.23. The second kappa shape index (κ2) is 5.61. The molecule has 2 rings (SSSR count). The number of hydrogen-bond donors (Lipinski definition) is 2. The highest BCUT2D eigenvalue weighted by Gasteiger charge is 2.50. The summed E-state index contributed by atoms with van der Waals surface area (Å²) in [4.78, 5) is 2.30. The zero-order valence-electron chi connectivity index (χ0n) is 12.6. The number of benzene rings is 1. The third-order valence-corrected chi connectivity index (χ3v) is 5.08. The highest BCUT2D eigenvalue weighted by molar-refractivity contribution is 5.27. The third kappa shape index (κ3) is 2.69. The van der Waals surface area contributed by atoms with Crippen molar-refractivity contribution in [1.82, 2.24) is 10.3 Å². The summed E-state index contributed by atoms with van der Waals surface area (Å²) in [6, 6.07) is 11.1. The molecule has 1 aliphatic carbocycles. The van der Waals surface area contributed by atoms with Gasteiger partial charge in [-0.15, -0.1) is 0 Å². The maximum atomic E-state index is 5.88. The monoisotopic (exact) mass is 261 g/mol. The molecule has 0 spiro atoms. The summed E-state index contributed by atoms with van der Waals surface area (Å²) in [5.74, 6) is 7.18. The molecule has 3 nitrogen and oxygen atoms in total. The molecule has 4 unspecified atom stereocenters. The van der Waals surface area contributed by atoms with E-state index in [2.05, 4.69) is 68.6 Å². The van der Waals surface area contributed by atoms with Gasteiger partial charge in [0.2, 0.25) is 0 Å². The number of nitrogens with two attached hydrogens (primary N) is 1. The highest BCUT2D eigenvalue weighted by Crippen LogP contribution is 2.52. The molecule has 0 bridgehead atoms. The third-order valence-electron chi connectivity index (χ3n) is 5.08. The molecule has 0 saturated heterocycles. The van der Waals surface area contributed by atoms with E-state index >= 15 is 0 Å². The SMILES string of the molecule is CCC(C)(C(NN)C1CC1c1ccccc1)N(C)C. The van der Waals surface area contributed by atoms with Crippen LogP contribution >= 0.6 is 0 Å². The Balaban J connectivity index is 2.13. The quantitative estimate of drug-likeness (QED) is 0.610. The summed E-state index contributed by atoms with van der Waals surface area (Å²) in [7, 11) is 4.29. The van der Waals surface area contributed by atoms with Crippen LogP contribution in [-0.2, 0) is 0 Å². The number of hydrogen-bond acceptors (Lipinski definition) is 3. The lowest BCUT2D eigenvalue weighted by atomic mass is 9.84. The summed E-state index contributed by atoms with van der Waals surface area (Å²) in [6.07, 6.45) is 2.33. The molecule has 19 heavy (non-hydrogen) atoms. The van der Waals surface area contributed by atoms with Gasteiger partial charge in [-0.3, -0.25) is 11.3 Å². The van der Waals surface area contributed by atoms with Gasteiger partial charge in [0.25, 0.3) is 0 Å². The van der Waals surface area contributed by atoms with Crippen molar-refractivity contribution >= 4 is 0 Å². The van der Waals surface area contributed by atoms with Crippen molar-refractivity contribution in [1.29, 1.82) is 0 Å². The Hall–Kier alpha value is -0.900. The molecule has 0 aliphatic heterocycles. The maximum absolute atomic E-state index is 5.88. The molecule has 0 aromatic heterocycles. The van der Waals surface area contributed by atoms with Crippen molar-refractivity contribution < 1.29 is 0 Å². The first-order valence-electron chi connectivity index (χ1n) is 7.23. The Morgan fingerprint density at radius 2 is 2.00 bits per heavy atom. The molecule has 0 radical (unpaired) electrons. The Labute approximate surface area is 117 Å². The van der Waals surface area contributed by atoms with Gasteiger partial charge in [-0.1, -0.05) is 37.3 Å². The molecule has 0 heterocycles. The Morgan fingerprint density at radius 3 is 2.47 bits per heavy atom. The van der Waals surface area contributed by atoms with Crippen molar-refractivity contribution in [3.8, 4) is 0 Å². The van der Waals surface area contributed by atoms with Crippen LogP contribution in [0.4, 0.5) is 0 Å². The number of hydrazine groups is 1.